The third-order valence-electron chi connectivity index (χ3n) is 3.40. The summed E-state index contributed by atoms with van der Waals surface area (Å²) in [6, 6.07) is 14.2. The van der Waals surface area contributed by atoms with Gasteiger partial charge in [0.15, 0.2) is 0 Å². The van der Waals surface area contributed by atoms with Crippen molar-refractivity contribution in [3.8, 4) is 0 Å². The minimum absolute atomic E-state index is 0.604. The van der Waals surface area contributed by atoms with Gasteiger partial charge in [0, 0.05) is 23.6 Å². The molecule has 3 aromatic rings. The van der Waals surface area contributed by atoms with Crippen LogP contribution in [0.5, 0.6) is 0 Å². The van der Waals surface area contributed by atoms with Gasteiger partial charge in [0.05, 0.1) is 10.0 Å². The highest BCUT2D eigenvalue weighted by Gasteiger charge is 2.07. The molecule has 0 aliphatic rings. The molecule has 0 saturated carbocycles. The smallest absolute Gasteiger partial charge is 0.0642 e. The fourth-order valence-corrected chi connectivity index (χ4v) is 2.75. The minimum Gasteiger partial charge on any atom is -0.343 e. The molecule has 0 aliphatic heterocycles. The molecule has 0 spiro atoms. The molecule has 1 heterocycles. The number of nitrogens with zero attached hydrogens (tertiary/aromatic N) is 1. The molecule has 3 heteroatoms. The number of halogens is 2. The summed E-state index contributed by atoms with van der Waals surface area (Å²) in [5.41, 5.74) is 3.54. The molecule has 1 aromatic heterocycles. The van der Waals surface area contributed by atoms with Crippen LogP contribution < -0.4 is 0 Å². The quantitative estimate of drug-likeness (QED) is 0.603. The molecule has 1 nitrogen and oxygen atoms in total. The Bertz CT molecular complexity index is 744. The second kappa shape index (κ2) is 4.92. The molecule has 0 unspecified atom stereocenters. The van der Waals surface area contributed by atoms with E-state index in [9.17, 15) is 0 Å². The number of hydrogen-bond acceptors (Lipinski definition) is 0. The number of fused-ring (bicyclic) bond motifs is 1. The summed E-state index contributed by atoms with van der Waals surface area (Å²) in [6.45, 7) is 2.85. The van der Waals surface area contributed by atoms with E-state index in [2.05, 4.69) is 42.0 Å². The Hall–Kier alpha value is -1.44. The molecule has 0 N–H and O–H groups in total. The Balaban J connectivity index is 2.07. The third-order valence-corrected chi connectivity index (χ3v) is 4.26. The Morgan fingerprint density at radius 1 is 1.00 bits per heavy atom. The van der Waals surface area contributed by atoms with Gasteiger partial charge in [-0.05, 0) is 36.2 Å². The van der Waals surface area contributed by atoms with E-state index < -0.39 is 0 Å². The minimum atomic E-state index is 0.604. The Labute approximate surface area is 122 Å². The summed E-state index contributed by atoms with van der Waals surface area (Å²) in [5.74, 6) is 0. The molecule has 0 radical (unpaired) electrons. The molecular formula is C16H13Cl2N. The molecule has 0 aliphatic carbocycles. The predicted molar refractivity (Wildman–Crippen MR) is 82.2 cm³/mol. The lowest BCUT2D eigenvalue weighted by Crippen LogP contribution is -1.98. The molecule has 2 aromatic carbocycles. The first-order chi connectivity index (χ1) is 9.16. The van der Waals surface area contributed by atoms with E-state index >= 15 is 0 Å². The third kappa shape index (κ3) is 2.24. The zero-order valence-electron chi connectivity index (χ0n) is 10.5. The Morgan fingerprint density at radius 3 is 2.63 bits per heavy atom. The van der Waals surface area contributed by atoms with Crippen LogP contribution in [0.2, 0.25) is 10.0 Å². The SMILES string of the molecule is Cc1cccc2c1ccn2Cc1cccc(Cl)c1Cl. The molecule has 19 heavy (non-hydrogen) atoms. The van der Waals surface area contributed by atoms with Crippen LogP contribution in [0.25, 0.3) is 10.9 Å². The number of benzene rings is 2. The van der Waals surface area contributed by atoms with Gasteiger partial charge in [0.25, 0.3) is 0 Å². The lowest BCUT2D eigenvalue weighted by atomic mass is 10.1. The summed E-state index contributed by atoms with van der Waals surface area (Å²) >= 11 is 12.3. The Kier molecular flexibility index (Phi) is 3.26. The van der Waals surface area contributed by atoms with Gasteiger partial charge < -0.3 is 4.57 Å². The lowest BCUT2D eigenvalue weighted by Gasteiger charge is -2.09. The fourth-order valence-electron chi connectivity index (χ4n) is 2.37. The average Bonchev–Trinajstić information content (AvgIpc) is 2.80. The molecule has 96 valence electrons. The number of rotatable bonds is 2. The van der Waals surface area contributed by atoms with Gasteiger partial charge in [0.2, 0.25) is 0 Å². The predicted octanol–water partition coefficient (Wildman–Crippen LogP) is 5.30. The van der Waals surface area contributed by atoms with Gasteiger partial charge in [-0.25, -0.2) is 0 Å². The van der Waals surface area contributed by atoms with Crippen LogP contribution in [0, 0.1) is 6.92 Å². The number of aryl methyl sites for hydroxylation is 1. The maximum atomic E-state index is 6.25. The number of aromatic nitrogens is 1. The maximum absolute atomic E-state index is 6.25. The van der Waals surface area contributed by atoms with Crippen molar-refractivity contribution in [2.45, 2.75) is 13.5 Å². The highest BCUT2D eigenvalue weighted by Crippen LogP contribution is 2.27. The van der Waals surface area contributed by atoms with Crippen molar-refractivity contribution < 1.29 is 0 Å². The van der Waals surface area contributed by atoms with Gasteiger partial charge in [-0.2, -0.15) is 0 Å². The molecular weight excluding hydrogens is 277 g/mol. The first kappa shape index (κ1) is 12.6. The maximum Gasteiger partial charge on any atom is 0.0642 e. The van der Waals surface area contributed by atoms with Gasteiger partial charge in [-0.15, -0.1) is 0 Å². The highest BCUT2D eigenvalue weighted by atomic mass is 35.5. The molecule has 0 atom stereocenters. The Morgan fingerprint density at radius 2 is 1.79 bits per heavy atom. The van der Waals surface area contributed by atoms with Crippen molar-refractivity contribution in [2.24, 2.45) is 0 Å². The number of hydrogen-bond donors (Lipinski definition) is 0. The van der Waals surface area contributed by atoms with E-state index in [0.717, 1.165) is 12.1 Å². The second-order valence-corrected chi connectivity index (χ2v) is 5.45. The van der Waals surface area contributed by atoms with Crippen molar-refractivity contribution in [1.29, 1.82) is 0 Å². The van der Waals surface area contributed by atoms with Gasteiger partial charge >= 0.3 is 0 Å². The van der Waals surface area contributed by atoms with E-state index in [0.29, 0.717) is 10.0 Å². The van der Waals surface area contributed by atoms with Crippen LogP contribution in [0.15, 0.2) is 48.7 Å². The first-order valence-corrected chi connectivity index (χ1v) is 6.90. The second-order valence-electron chi connectivity index (χ2n) is 4.66. The van der Waals surface area contributed by atoms with Gasteiger partial charge in [0.1, 0.15) is 0 Å². The van der Waals surface area contributed by atoms with E-state index in [1.807, 2.05) is 18.2 Å². The van der Waals surface area contributed by atoms with Crippen molar-refractivity contribution in [3.05, 3.63) is 69.8 Å². The largest absolute Gasteiger partial charge is 0.343 e. The molecule has 0 bridgehead atoms. The van der Waals surface area contributed by atoms with Crippen molar-refractivity contribution in [3.63, 3.8) is 0 Å². The average molecular weight is 290 g/mol. The van der Waals surface area contributed by atoms with Crippen molar-refractivity contribution in [1.82, 2.24) is 4.57 Å². The topological polar surface area (TPSA) is 4.93 Å². The van der Waals surface area contributed by atoms with E-state index in [1.54, 1.807) is 0 Å². The fraction of sp³-hybridized carbons (Fsp3) is 0.125. The molecule has 0 fully saturated rings. The van der Waals surface area contributed by atoms with E-state index in [-0.39, 0.29) is 0 Å². The van der Waals surface area contributed by atoms with E-state index in [4.69, 9.17) is 23.2 Å². The van der Waals surface area contributed by atoms with Crippen LogP contribution in [0.3, 0.4) is 0 Å². The molecule has 3 rings (SSSR count). The monoisotopic (exact) mass is 289 g/mol. The van der Waals surface area contributed by atoms with Crippen LogP contribution in [-0.4, -0.2) is 4.57 Å². The van der Waals surface area contributed by atoms with Crippen LogP contribution in [-0.2, 0) is 6.54 Å². The molecule has 0 saturated heterocycles. The molecule has 0 amide bonds. The summed E-state index contributed by atoms with van der Waals surface area (Å²) in [5, 5.41) is 2.52. The van der Waals surface area contributed by atoms with E-state index in [1.165, 1.54) is 16.5 Å². The van der Waals surface area contributed by atoms with Crippen LogP contribution in [0.4, 0.5) is 0 Å². The lowest BCUT2D eigenvalue weighted by molar-refractivity contribution is 0.837. The van der Waals surface area contributed by atoms with Crippen molar-refractivity contribution >= 4 is 34.1 Å². The summed E-state index contributed by atoms with van der Waals surface area (Å²) in [6.07, 6.45) is 2.09. The zero-order valence-corrected chi connectivity index (χ0v) is 12.0. The highest BCUT2D eigenvalue weighted by molar-refractivity contribution is 6.42. The summed E-state index contributed by atoms with van der Waals surface area (Å²) in [4.78, 5) is 0. The standard InChI is InChI=1S/C16H13Cl2N/c1-11-4-2-7-15-13(11)8-9-19(15)10-12-5-3-6-14(17)16(12)18/h2-9H,10H2,1H3. The zero-order chi connectivity index (χ0) is 13.4. The normalized spacial score (nSPS) is 11.1. The summed E-state index contributed by atoms with van der Waals surface area (Å²) in [7, 11) is 0. The van der Waals surface area contributed by atoms with Crippen molar-refractivity contribution in [2.75, 3.05) is 0 Å². The van der Waals surface area contributed by atoms with Gasteiger partial charge in [-0.3, -0.25) is 0 Å². The van der Waals surface area contributed by atoms with Crippen LogP contribution in [0.1, 0.15) is 11.1 Å². The van der Waals surface area contributed by atoms with Gasteiger partial charge in [-0.1, -0.05) is 47.5 Å². The van der Waals surface area contributed by atoms with Crippen LogP contribution >= 0.6 is 23.2 Å². The first-order valence-electron chi connectivity index (χ1n) is 6.14. The summed E-state index contributed by atoms with van der Waals surface area (Å²) < 4.78 is 2.19.